The molecule has 0 saturated carbocycles. The number of aliphatic hydroxyl groups is 1. The highest BCUT2D eigenvalue weighted by atomic mass is 35.5. The molecule has 108 valence electrons. The van der Waals surface area contributed by atoms with Crippen LogP contribution in [0.25, 0.3) is 0 Å². The zero-order chi connectivity index (χ0) is 14.9. The summed E-state index contributed by atoms with van der Waals surface area (Å²) in [5, 5.41) is 13.0. The average Bonchev–Trinajstić information content (AvgIpc) is 2.69. The standard InChI is InChI=1S/C12H10ClF3N2O2/c1-18-11(20-8-4-2-7(13)3-5-8)9(6-19)10(17-18)12(14,15)16/h2-5,19H,6H2,1H3. The molecule has 1 aromatic carbocycles. The lowest BCUT2D eigenvalue weighted by Crippen LogP contribution is -2.09. The van der Waals surface area contributed by atoms with Crippen molar-refractivity contribution in [2.45, 2.75) is 12.8 Å². The maximum absolute atomic E-state index is 12.8. The van der Waals surface area contributed by atoms with Gasteiger partial charge in [0, 0.05) is 12.1 Å². The number of alkyl halides is 3. The molecule has 20 heavy (non-hydrogen) atoms. The van der Waals surface area contributed by atoms with Crippen molar-refractivity contribution in [3.05, 3.63) is 40.5 Å². The number of aliphatic hydroxyl groups excluding tert-OH is 1. The third-order valence-corrected chi connectivity index (χ3v) is 2.79. The van der Waals surface area contributed by atoms with E-state index >= 15 is 0 Å². The predicted molar refractivity (Wildman–Crippen MR) is 65.7 cm³/mol. The molecule has 4 nitrogen and oxygen atoms in total. The normalized spacial score (nSPS) is 11.7. The molecule has 0 spiro atoms. The molecule has 2 rings (SSSR count). The lowest BCUT2D eigenvalue weighted by molar-refractivity contribution is -0.142. The van der Waals surface area contributed by atoms with Crippen LogP contribution in [0.5, 0.6) is 11.6 Å². The third-order valence-electron chi connectivity index (χ3n) is 2.54. The van der Waals surface area contributed by atoms with E-state index in [-0.39, 0.29) is 5.88 Å². The highest BCUT2D eigenvalue weighted by Gasteiger charge is 2.39. The Kier molecular flexibility index (Phi) is 3.92. The van der Waals surface area contributed by atoms with Gasteiger partial charge in [-0.15, -0.1) is 0 Å². The molecule has 1 heterocycles. The van der Waals surface area contributed by atoms with Crippen LogP contribution in [-0.4, -0.2) is 14.9 Å². The first kappa shape index (κ1) is 14.7. The number of aryl methyl sites for hydroxylation is 1. The molecule has 1 aromatic heterocycles. The van der Waals surface area contributed by atoms with Gasteiger partial charge in [0.2, 0.25) is 5.88 Å². The molecule has 2 aromatic rings. The molecule has 0 amide bonds. The lowest BCUT2D eigenvalue weighted by Gasteiger charge is -2.08. The zero-order valence-electron chi connectivity index (χ0n) is 10.3. The minimum atomic E-state index is -4.66. The third kappa shape index (κ3) is 2.88. The molecular formula is C12H10ClF3N2O2. The largest absolute Gasteiger partial charge is 0.439 e. The Balaban J connectivity index is 2.41. The molecule has 0 unspecified atom stereocenters. The van der Waals surface area contributed by atoms with E-state index < -0.39 is 24.0 Å². The van der Waals surface area contributed by atoms with Gasteiger partial charge in [-0.1, -0.05) is 11.6 Å². The summed E-state index contributed by atoms with van der Waals surface area (Å²) in [5.41, 5.74) is -1.57. The number of ether oxygens (including phenoxy) is 1. The van der Waals surface area contributed by atoms with Crippen molar-refractivity contribution in [2.75, 3.05) is 0 Å². The highest BCUT2D eigenvalue weighted by molar-refractivity contribution is 6.30. The van der Waals surface area contributed by atoms with Crippen LogP contribution in [-0.2, 0) is 19.8 Å². The van der Waals surface area contributed by atoms with Gasteiger partial charge in [0.05, 0.1) is 12.2 Å². The van der Waals surface area contributed by atoms with Gasteiger partial charge in [-0.05, 0) is 24.3 Å². The molecule has 1 N–H and O–H groups in total. The van der Waals surface area contributed by atoms with Crippen molar-refractivity contribution in [3.63, 3.8) is 0 Å². The SMILES string of the molecule is Cn1nc(C(F)(F)F)c(CO)c1Oc1ccc(Cl)cc1. The first-order valence-corrected chi connectivity index (χ1v) is 5.88. The van der Waals surface area contributed by atoms with Crippen molar-refractivity contribution in [3.8, 4) is 11.6 Å². The number of hydrogen-bond donors (Lipinski definition) is 1. The maximum atomic E-state index is 12.8. The Bertz CT molecular complexity index is 608. The van der Waals surface area contributed by atoms with Crippen molar-refractivity contribution < 1.29 is 23.0 Å². The summed E-state index contributed by atoms with van der Waals surface area (Å²) < 4.78 is 44.6. The fourth-order valence-electron chi connectivity index (χ4n) is 1.66. The smallest absolute Gasteiger partial charge is 0.435 e. The van der Waals surface area contributed by atoms with E-state index in [9.17, 15) is 13.2 Å². The van der Waals surface area contributed by atoms with Crippen molar-refractivity contribution in [1.29, 1.82) is 0 Å². The van der Waals surface area contributed by atoms with Crippen molar-refractivity contribution >= 4 is 11.6 Å². The Morgan fingerprint density at radius 2 is 1.90 bits per heavy atom. The molecule has 0 aliphatic carbocycles. The predicted octanol–water partition coefficient (Wildman–Crippen LogP) is 3.38. The van der Waals surface area contributed by atoms with Crippen LogP contribution in [0.3, 0.4) is 0 Å². The van der Waals surface area contributed by atoms with Crippen LogP contribution < -0.4 is 4.74 Å². The first-order valence-electron chi connectivity index (χ1n) is 5.50. The van der Waals surface area contributed by atoms with Gasteiger partial charge >= 0.3 is 6.18 Å². The molecule has 0 aliphatic heterocycles. The van der Waals surface area contributed by atoms with Crippen LogP contribution in [0.2, 0.25) is 5.02 Å². The molecule has 8 heteroatoms. The second-order valence-corrected chi connectivity index (χ2v) is 4.40. The van der Waals surface area contributed by atoms with E-state index in [1.807, 2.05) is 0 Å². The minimum absolute atomic E-state index is 0.165. The highest BCUT2D eigenvalue weighted by Crippen LogP contribution is 2.37. The molecule has 0 saturated heterocycles. The van der Waals surface area contributed by atoms with Gasteiger partial charge in [0.1, 0.15) is 5.75 Å². The summed E-state index contributed by atoms with van der Waals surface area (Å²) in [6.45, 7) is -0.828. The van der Waals surface area contributed by atoms with Gasteiger partial charge in [0.25, 0.3) is 0 Å². The minimum Gasteiger partial charge on any atom is -0.439 e. The summed E-state index contributed by atoms with van der Waals surface area (Å²) in [4.78, 5) is 0. The van der Waals surface area contributed by atoms with Gasteiger partial charge < -0.3 is 9.84 Å². The molecule has 0 bridgehead atoms. The average molecular weight is 307 g/mol. The summed E-state index contributed by atoms with van der Waals surface area (Å²) in [6.07, 6.45) is -4.66. The Morgan fingerprint density at radius 3 is 2.40 bits per heavy atom. The van der Waals surface area contributed by atoms with E-state index in [0.717, 1.165) is 4.68 Å². The van der Waals surface area contributed by atoms with Crippen LogP contribution in [0, 0.1) is 0 Å². The first-order chi connectivity index (χ1) is 9.32. The molecule has 0 fully saturated rings. The van der Waals surface area contributed by atoms with E-state index in [2.05, 4.69) is 5.10 Å². The maximum Gasteiger partial charge on any atom is 0.435 e. The number of aromatic nitrogens is 2. The summed E-state index contributed by atoms with van der Waals surface area (Å²) in [6, 6.07) is 6.08. The van der Waals surface area contributed by atoms with Gasteiger partial charge in [-0.3, -0.25) is 0 Å². The van der Waals surface area contributed by atoms with E-state index in [0.29, 0.717) is 10.8 Å². The number of nitrogens with zero attached hydrogens (tertiary/aromatic N) is 2. The Morgan fingerprint density at radius 1 is 1.30 bits per heavy atom. The van der Waals surface area contributed by atoms with Crippen molar-refractivity contribution in [1.82, 2.24) is 9.78 Å². The van der Waals surface area contributed by atoms with Crippen LogP contribution in [0.15, 0.2) is 24.3 Å². The summed E-state index contributed by atoms with van der Waals surface area (Å²) >= 11 is 5.71. The van der Waals surface area contributed by atoms with E-state index in [4.69, 9.17) is 21.4 Å². The van der Waals surface area contributed by atoms with Crippen molar-refractivity contribution in [2.24, 2.45) is 7.05 Å². The van der Waals surface area contributed by atoms with E-state index in [1.54, 1.807) is 0 Å². The van der Waals surface area contributed by atoms with Crippen LogP contribution in [0.4, 0.5) is 13.2 Å². The number of benzene rings is 1. The van der Waals surface area contributed by atoms with E-state index in [1.165, 1.54) is 31.3 Å². The fraction of sp³-hybridized carbons (Fsp3) is 0.250. The number of rotatable bonds is 3. The lowest BCUT2D eigenvalue weighted by atomic mass is 10.2. The number of halogens is 4. The molecule has 0 radical (unpaired) electrons. The topological polar surface area (TPSA) is 47.3 Å². The summed E-state index contributed by atoms with van der Waals surface area (Å²) in [5.74, 6) is 0.128. The quantitative estimate of drug-likeness (QED) is 0.945. The Labute approximate surface area is 117 Å². The second-order valence-electron chi connectivity index (χ2n) is 3.97. The van der Waals surface area contributed by atoms with Gasteiger partial charge in [0.15, 0.2) is 5.69 Å². The summed E-state index contributed by atoms with van der Waals surface area (Å²) in [7, 11) is 1.31. The number of hydrogen-bond acceptors (Lipinski definition) is 3. The zero-order valence-corrected chi connectivity index (χ0v) is 11.0. The molecular weight excluding hydrogens is 297 g/mol. The van der Waals surface area contributed by atoms with Gasteiger partial charge in [-0.2, -0.15) is 18.3 Å². The molecule has 0 aliphatic rings. The van der Waals surface area contributed by atoms with Gasteiger partial charge in [-0.25, -0.2) is 4.68 Å². The second kappa shape index (κ2) is 5.34. The molecule has 0 atom stereocenters. The Hall–Kier alpha value is -1.73. The van der Waals surface area contributed by atoms with Crippen LogP contribution >= 0.6 is 11.6 Å². The monoisotopic (exact) mass is 306 g/mol. The van der Waals surface area contributed by atoms with Crippen LogP contribution in [0.1, 0.15) is 11.3 Å². The fourth-order valence-corrected chi connectivity index (χ4v) is 1.79.